The van der Waals surface area contributed by atoms with Gasteiger partial charge in [0, 0.05) is 0 Å². The van der Waals surface area contributed by atoms with Crippen molar-refractivity contribution in [2.75, 3.05) is 6.61 Å². The molecule has 0 saturated carbocycles. The minimum absolute atomic E-state index is 0.0976. The van der Waals surface area contributed by atoms with E-state index in [4.69, 9.17) is 9.47 Å². The van der Waals surface area contributed by atoms with E-state index in [1.807, 2.05) is 13.8 Å². The van der Waals surface area contributed by atoms with Gasteiger partial charge in [0.1, 0.15) is 6.10 Å². The topological polar surface area (TPSA) is 52.6 Å². The molecule has 0 aromatic carbocycles. The van der Waals surface area contributed by atoms with Crippen molar-refractivity contribution >= 4 is 11.9 Å². The van der Waals surface area contributed by atoms with Crippen LogP contribution in [0.5, 0.6) is 0 Å². The van der Waals surface area contributed by atoms with E-state index >= 15 is 0 Å². The fourth-order valence-electron chi connectivity index (χ4n) is 1.82. The quantitative estimate of drug-likeness (QED) is 0.450. The molecule has 4 heteroatoms. The first-order valence-corrected chi connectivity index (χ1v) is 8.13. The second kappa shape index (κ2) is 9.80. The van der Waals surface area contributed by atoms with Gasteiger partial charge in [0.05, 0.1) is 6.61 Å². The van der Waals surface area contributed by atoms with Crippen molar-refractivity contribution in [2.24, 2.45) is 11.3 Å². The molecule has 21 heavy (non-hydrogen) atoms. The van der Waals surface area contributed by atoms with Gasteiger partial charge in [-0.1, -0.05) is 47.0 Å². The van der Waals surface area contributed by atoms with Crippen molar-refractivity contribution in [3.63, 3.8) is 0 Å². The van der Waals surface area contributed by atoms with Crippen LogP contribution in [0.2, 0.25) is 0 Å². The summed E-state index contributed by atoms with van der Waals surface area (Å²) in [6, 6.07) is 0. The third kappa shape index (κ3) is 7.49. The van der Waals surface area contributed by atoms with E-state index in [1.165, 1.54) is 0 Å². The van der Waals surface area contributed by atoms with E-state index < -0.39 is 17.4 Å². The largest absolute Gasteiger partial charge is 0.465 e. The summed E-state index contributed by atoms with van der Waals surface area (Å²) in [7, 11) is 0. The lowest BCUT2D eigenvalue weighted by molar-refractivity contribution is -0.174. The van der Waals surface area contributed by atoms with Gasteiger partial charge in [-0.2, -0.15) is 0 Å². The number of hydrogen-bond donors (Lipinski definition) is 0. The lowest BCUT2D eigenvalue weighted by Gasteiger charge is -2.25. The molecule has 0 aliphatic rings. The number of carbonyl (C=O) groups excluding carboxylic acids is 2. The molecule has 124 valence electrons. The minimum atomic E-state index is -1.24. The fraction of sp³-hybridized carbons (Fsp3) is 0.882. The van der Waals surface area contributed by atoms with Gasteiger partial charge in [-0.3, -0.25) is 9.59 Å². The summed E-state index contributed by atoms with van der Waals surface area (Å²) in [5, 5.41) is 0. The Morgan fingerprint density at radius 2 is 1.62 bits per heavy atom. The zero-order valence-electron chi connectivity index (χ0n) is 14.5. The number of hydrogen-bond acceptors (Lipinski definition) is 4. The predicted octanol–water partition coefficient (Wildman–Crippen LogP) is 4.11. The third-order valence-corrected chi connectivity index (χ3v) is 3.33. The van der Waals surface area contributed by atoms with E-state index in [0.29, 0.717) is 6.61 Å². The van der Waals surface area contributed by atoms with Crippen LogP contribution in [0.3, 0.4) is 0 Å². The molecule has 0 fully saturated rings. The molecular weight excluding hydrogens is 268 g/mol. The summed E-state index contributed by atoms with van der Waals surface area (Å²) < 4.78 is 10.7. The Labute approximate surface area is 129 Å². The SMILES string of the molecule is CCCCC(CCC)OC(=O)C(C)(C)C(=O)OCC(C)C. The molecule has 0 spiro atoms. The van der Waals surface area contributed by atoms with Gasteiger partial charge >= 0.3 is 11.9 Å². The molecule has 0 amide bonds. The highest BCUT2D eigenvalue weighted by molar-refractivity contribution is 5.99. The Balaban J connectivity index is 4.58. The molecule has 4 nitrogen and oxygen atoms in total. The zero-order valence-corrected chi connectivity index (χ0v) is 14.5. The van der Waals surface area contributed by atoms with Crippen LogP contribution in [0, 0.1) is 11.3 Å². The summed E-state index contributed by atoms with van der Waals surface area (Å²) in [6.07, 6.45) is 4.64. The Morgan fingerprint density at radius 3 is 2.10 bits per heavy atom. The highest BCUT2D eigenvalue weighted by atomic mass is 16.6. The van der Waals surface area contributed by atoms with Crippen LogP contribution in [0.1, 0.15) is 73.6 Å². The van der Waals surface area contributed by atoms with Crippen molar-refractivity contribution in [2.45, 2.75) is 79.8 Å². The number of unbranched alkanes of at least 4 members (excludes halogenated alkanes) is 1. The molecule has 0 N–H and O–H groups in total. The van der Waals surface area contributed by atoms with Crippen LogP contribution in [-0.4, -0.2) is 24.6 Å². The standard InChI is InChI=1S/C17H32O4/c1-7-9-11-14(10-8-2)21-16(19)17(5,6)15(18)20-12-13(3)4/h13-14H,7-12H2,1-6H3. The molecule has 0 radical (unpaired) electrons. The van der Waals surface area contributed by atoms with E-state index in [1.54, 1.807) is 13.8 Å². The molecule has 0 heterocycles. The highest BCUT2D eigenvalue weighted by Gasteiger charge is 2.40. The number of rotatable bonds is 10. The molecule has 0 aliphatic carbocycles. The van der Waals surface area contributed by atoms with Gasteiger partial charge in [0.25, 0.3) is 0 Å². The maximum atomic E-state index is 12.3. The van der Waals surface area contributed by atoms with Crippen molar-refractivity contribution in [3.05, 3.63) is 0 Å². The van der Waals surface area contributed by atoms with Gasteiger partial charge in [0.15, 0.2) is 5.41 Å². The van der Waals surface area contributed by atoms with E-state index in [2.05, 4.69) is 13.8 Å². The van der Waals surface area contributed by atoms with E-state index in [-0.39, 0.29) is 12.0 Å². The average molecular weight is 300 g/mol. The van der Waals surface area contributed by atoms with Crippen LogP contribution in [0.4, 0.5) is 0 Å². The van der Waals surface area contributed by atoms with Crippen molar-refractivity contribution < 1.29 is 19.1 Å². The van der Waals surface area contributed by atoms with Gasteiger partial charge in [-0.25, -0.2) is 0 Å². The Bertz CT molecular complexity index is 321. The van der Waals surface area contributed by atoms with E-state index in [0.717, 1.165) is 32.1 Å². The third-order valence-electron chi connectivity index (χ3n) is 3.33. The summed E-state index contributed by atoms with van der Waals surface area (Å²) in [6.45, 7) is 11.6. The average Bonchev–Trinajstić information content (AvgIpc) is 2.41. The van der Waals surface area contributed by atoms with Crippen molar-refractivity contribution in [1.29, 1.82) is 0 Å². The Morgan fingerprint density at radius 1 is 1.00 bits per heavy atom. The summed E-state index contributed by atoms with van der Waals surface area (Å²) in [5.74, 6) is -0.740. The molecule has 1 unspecified atom stereocenters. The second-order valence-electron chi connectivity index (χ2n) is 6.58. The summed E-state index contributed by atoms with van der Waals surface area (Å²) in [5.41, 5.74) is -1.24. The minimum Gasteiger partial charge on any atom is -0.465 e. The molecule has 0 aliphatic heterocycles. The van der Waals surface area contributed by atoms with Gasteiger partial charge in [0.2, 0.25) is 0 Å². The van der Waals surface area contributed by atoms with Crippen LogP contribution in [0.15, 0.2) is 0 Å². The first kappa shape index (κ1) is 19.9. The lowest BCUT2D eigenvalue weighted by Crippen LogP contribution is -2.39. The molecule has 0 rings (SSSR count). The second-order valence-corrected chi connectivity index (χ2v) is 6.58. The number of carbonyl (C=O) groups is 2. The molecule has 0 aromatic rings. The molecule has 0 saturated heterocycles. The zero-order chi connectivity index (χ0) is 16.5. The van der Waals surface area contributed by atoms with Crippen LogP contribution >= 0.6 is 0 Å². The number of ether oxygens (including phenoxy) is 2. The van der Waals surface area contributed by atoms with Gasteiger partial charge in [-0.15, -0.1) is 0 Å². The monoisotopic (exact) mass is 300 g/mol. The van der Waals surface area contributed by atoms with E-state index in [9.17, 15) is 9.59 Å². The molecule has 0 bridgehead atoms. The van der Waals surface area contributed by atoms with Crippen LogP contribution in [-0.2, 0) is 19.1 Å². The smallest absolute Gasteiger partial charge is 0.323 e. The van der Waals surface area contributed by atoms with Gasteiger partial charge in [-0.05, 0) is 32.6 Å². The van der Waals surface area contributed by atoms with Crippen LogP contribution < -0.4 is 0 Å². The summed E-state index contributed by atoms with van der Waals surface area (Å²) in [4.78, 5) is 24.3. The maximum absolute atomic E-state index is 12.3. The Hall–Kier alpha value is -1.06. The highest BCUT2D eigenvalue weighted by Crippen LogP contribution is 2.23. The first-order valence-electron chi connectivity index (χ1n) is 8.13. The number of esters is 2. The van der Waals surface area contributed by atoms with Crippen molar-refractivity contribution in [1.82, 2.24) is 0 Å². The maximum Gasteiger partial charge on any atom is 0.323 e. The molecular formula is C17H32O4. The summed E-state index contributed by atoms with van der Waals surface area (Å²) >= 11 is 0. The van der Waals surface area contributed by atoms with Crippen molar-refractivity contribution in [3.8, 4) is 0 Å². The predicted molar refractivity (Wildman–Crippen MR) is 83.9 cm³/mol. The van der Waals surface area contributed by atoms with Gasteiger partial charge < -0.3 is 9.47 Å². The molecule has 0 aromatic heterocycles. The first-order chi connectivity index (χ1) is 9.75. The fourth-order valence-corrected chi connectivity index (χ4v) is 1.82. The van der Waals surface area contributed by atoms with Crippen LogP contribution in [0.25, 0.3) is 0 Å². The Kier molecular flexibility index (Phi) is 9.31. The normalized spacial score (nSPS) is 13.1. The lowest BCUT2D eigenvalue weighted by atomic mass is 9.93. The molecule has 1 atom stereocenters.